The molecule has 154 valence electrons. The van der Waals surface area contributed by atoms with Crippen molar-refractivity contribution < 1.29 is 19.0 Å². The molecule has 1 aromatic rings. The number of amides is 1. The van der Waals surface area contributed by atoms with Gasteiger partial charge in [-0.15, -0.1) is 24.8 Å². The highest BCUT2D eigenvalue weighted by Gasteiger charge is 2.21. The number of rotatable bonds is 7. The zero-order valence-electron chi connectivity index (χ0n) is 15.4. The van der Waals surface area contributed by atoms with Crippen LogP contribution in [0, 0.1) is 0 Å². The lowest BCUT2D eigenvalue weighted by molar-refractivity contribution is -0.134. The SMILES string of the molecule is Cl.Cl.O=C(NCc1cccc(OCCN2CCOCC2)c1)C1CNCCO1. The molecule has 7 nitrogen and oxygen atoms in total. The van der Waals surface area contributed by atoms with Gasteiger partial charge in [0.1, 0.15) is 18.5 Å². The summed E-state index contributed by atoms with van der Waals surface area (Å²) in [6.45, 7) is 7.49. The van der Waals surface area contributed by atoms with Crippen molar-refractivity contribution in [2.24, 2.45) is 0 Å². The van der Waals surface area contributed by atoms with Crippen LogP contribution in [-0.2, 0) is 20.8 Å². The number of morpholine rings is 2. The summed E-state index contributed by atoms with van der Waals surface area (Å²) in [6.07, 6.45) is -0.401. The van der Waals surface area contributed by atoms with E-state index in [0.29, 0.717) is 26.3 Å². The number of halogens is 2. The van der Waals surface area contributed by atoms with Crippen LogP contribution in [0.1, 0.15) is 5.56 Å². The van der Waals surface area contributed by atoms with Crippen molar-refractivity contribution in [3.63, 3.8) is 0 Å². The number of benzene rings is 1. The molecule has 0 spiro atoms. The Bertz CT molecular complexity index is 553. The highest BCUT2D eigenvalue weighted by atomic mass is 35.5. The van der Waals surface area contributed by atoms with E-state index >= 15 is 0 Å². The standard InChI is InChI=1S/C18H27N3O4.2ClH/c22-18(17-14-19-4-8-25-17)20-13-15-2-1-3-16(12-15)24-11-7-21-5-9-23-10-6-21;;/h1-3,12,17,19H,4-11,13-14H2,(H,20,22);2*1H. The highest BCUT2D eigenvalue weighted by molar-refractivity contribution is 5.85. The van der Waals surface area contributed by atoms with Crippen LogP contribution in [0.25, 0.3) is 0 Å². The Morgan fingerprint density at radius 1 is 1.26 bits per heavy atom. The quantitative estimate of drug-likeness (QED) is 0.679. The van der Waals surface area contributed by atoms with Crippen LogP contribution in [0.5, 0.6) is 5.75 Å². The van der Waals surface area contributed by atoms with Crippen molar-refractivity contribution in [1.82, 2.24) is 15.5 Å². The molecule has 3 rings (SSSR count). The average Bonchev–Trinajstić information content (AvgIpc) is 2.68. The number of hydrogen-bond donors (Lipinski definition) is 2. The number of nitrogens with one attached hydrogen (secondary N) is 2. The minimum atomic E-state index is -0.401. The maximum Gasteiger partial charge on any atom is 0.250 e. The first-order valence-corrected chi connectivity index (χ1v) is 8.93. The highest BCUT2D eigenvalue weighted by Crippen LogP contribution is 2.13. The van der Waals surface area contributed by atoms with Gasteiger partial charge in [0.05, 0.1) is 19.8 Å². The summed E-state index contributed by atoms with van der Waals surface area (Å²) in [4.78, 5) is 14.4. The molecular weight excluding hydrogens is 393 g/mol. The lowest BCUT2D eigenvalue weighted by atomic mass is 10.2. The van der Waals surface area contributed by atoms with E-state index < -0.39 is 6.10 Å². The zero-order chi connectivity index (χ0) is 17.3. The van der Waals surface area contributed by atoms with Crippen LogP contribution < -0.4 is 15.4 Å². The molecule has 2 aliphatic heterocycles. The monoisotopic (exact) mass is 421 g/mol. The first-order valence-electron chi connectivity index (χ1n) is 8.93. The minimum Gasteiger partial charge on any atom is -0.492 e. The summed E-state index contributed by atoms with van der Waals surface area (Å²) < 4.78 is 16.6. The third-order valence-corrected chi connectivity index (χ3v) is 4.37. The van der Waals surface area contributed by atoms with E-state index in [0.717, 1.165) is 50.7 Å². The summed E-state index contributed by atoms with van der Waals surface area (Å²) in [5, 5.41) is 6.08. The van der Waals surface area contributed by atoms with Gasteiger partial charge in [-0.3, -0.25) is 9.69 Å². The van der Waals surface area contributed by atoms with Gasteiger partial charge in [-0.2, -0.15) is 0 Å². The fourth-order valence-electron chi connectivity index (χ4n) is 2.90. The summed E-state index contributed by atoms with van der Waals surface area (Å²) in [5.74, 6) is 0.751. The Kier molecular flexibility index (Phi) is 11.7. The van der Waals surface area contributed by atoms with Crippen LogP contribution in [-0.4, -0.2) is 76.1 Å². The van der Waals surface area contributed by atoms with Gasteiger partial charge in [-0.25, -0.2) is 0 Å². The van der Waals surface area contributed by atoms with Gasteiger partial charge in [-0.1, -0.05) is 12.1 Å². The van der Waals surface area contributed by atoms with E-state index in [4.69, 9.17) is 14.2 Å². The summed E-state index contributed by atoms with van der Waals surface area (Å²) in [5.41, 5.74) is 1.01. The number of hydrogen-bond acceptors (Lipinski definition) is 6. The van der Waals surface area contributed by atoms with E-state index in [-0.39, 0.29) is 30.7 Å². The molecule has 1 amide bonds. The summed E-state index contributed by atoms with van der Waals surface area (Å²) >= 11 is 0. The topological polar surface area (TPSA) is 72.1 Å². The van der Waals surface area contributed by atoms with E-state index in [1.165, 1.54) is 0 Å². The third-order valence-electron chi connectivity index (χ3n) is 4.37. The van der Waals surface area contributed by atoms with Gasteiger partial charge in [0.2, 0.25) is 0 Å². The smallest absolute Gasteiger partial charge is 0.250 e. The van der Waals surface area contributed by atoms with Crippen LogP contribution in [0.2, 0.25) is 0 Å². The fourth-order valence-corrected chi connectivity index (χ4v) is 2.90. The Labute approximate surface area is 172 Å². The maximum absolute atomic E-state index is 12.1. The Balaban J connectivity index is 0.00000182. The average molecular weight is 422 g/mol. The van der Waals surface area contributed by atoms with Crippen molar-refractivity contribution in [3.8, 4) is 5.75 Å². The molecule has 0 radical (unpaired) electrons. The van der Waals surface area contributed by atoms with Crippen LogP contribution in [0.15, 0.2) is 24.3 Å². The van der Waals surface area contributed by atoms with Gasteiger partial charge >= 0.3 is 0 Å². The predicted molar refractivity (Wildman–Crippen MR) is 108 cm³/mol. The Morgan fingerprint density at radius 2 is 2.07 bits per heavy atom. The van der Waals surface area contributed by atoms with Gasteiger partial charge < -0.3 is 24.8 Å². The molecule has 2 fully saturated rings. The lowest BCUT2D eigenvalue weighted by Crippen LogP contribution is -2.47. The molecule has 1 aromatic carbocycles. The molecule has 1 atom stereocenters. The second-order valence-electron chi connectivity index (χ2n) is 6.23. The van der Waals surface area contributed by atoms with Gasteiger partial charge in [0, 0.05) is 39.3 Å². The van der Waals surface area contributed by atoms with Crippen LogP contribution >= 0.6 is 24.8 Å². The number of carbonyl (C=O) groups is 1. The largest absolute Gasteiger partial charge is 0.492 e. The molecule has 0 aliphatic carbocycles. The van der Waals surface area contributed by atoms with E-state index in [9.17, 15) is 4.79 Å². The molecule has 9 heteroatoms. The molecule has 2 saturated heterocycles. The van der Waals surface area contributed by atoms with Gasteiger partial charge in [-0.05, 0) is 17.7 Å². The summed E-state index contributed by atoms with van der Waals surface area (Å²) in [6, 6.07) is 7.84. The van der Waals surface area contributed by atoms with Crippen molar-refractivity contribution in [2.75, 3.05) is 59.2 Å². The third kappa shape index (κ3) is 8.21. The van der Waals surface area contributed by atoms with Crippen molar-refractivity contribution in [1.29, 1.82) is 0 Å². The van der Waals surface area contributed by atoms with Crippen molar-refractivity contribution in [3.05, 3.63) is 29.8 Å². The molecule has 0 saturated carbocycles. The zero-order valence-corrected chi connectivity index (χ0v) is 17.0. The maximum atomic E-state index is 12.1. The second-order valence-corrected chi connectivity index (χ2v) is 6.23. The fraction of sp³-hybridized carbons (Fsp3) is 0.611. The second kappa shape index (κ2) is 13.1. The molecule has 0 aromatic heterocycles. The molecular formula is C18H29Cl2N3O4. The summed E-state index contributed by atoms with van der Waals surface area (Å²) in [7, 11) is 0. The number of nitrogens with zero attached hydrogens (tertiary/aromatic N) is 1. The Morgan fingerprint density at radius 3 is 2.81 bits per heavy atom. The molecule has 2 N–H and O–H groups in total. The number of carbonyl (C=O) groups excluding carboxylic acids is 1. The minimum absolute atomic E-state index is 0. The predicted octanol–water partition coefficient (Wildman–Crippen LogP) is 0.846. The number of ether oxygens (including phenoxy) is 3. The first-order chi connectivity index (χ1) is 12.3. The van der Waals surface area contributed by atoms with Gasteiger partial charge in [0.25, 0.3) is 5.91 Å². The van der Waals surface area contributed by atoms with Crippen molar-refractivity contribution in [2.45, 2.75) is 12.6 Å². The van der Waals surface area contributed by atoms with Gasteiger partial charge in [0.15, 0.2) is 0 Å². The van der Waals surface area contributed by atoms with Crippen molar-refractivity contribution >= 4 is 30.7 Å². The van der Waals surface area contributed by atoms with E-state index in [2.05, 4.69) is 15.5 Å². The molecule has 2 aliphatic rings. The van der Waals surface area contributed by atoms with E-state index in [1.54, 1.807) is 0 Å². The lowest BCUT2D eigenvalue weighted by Gasteiger charge is -2.26. The molecule has 27 heavy (non-hydrogen) atoms. The molecule has 1 unspecified atom stereocenters. The van der Waals surface area contributed by atoms with Crippen LogP contribution in [0.3, 0.4) is 0 Å². The first kappa shape index (κ1) is 23.9. The Hall–Kier alpha value is -1.09. The normalized spacial score (nSPS) is 20.1. The molecule has 0 bridgehead atoms. The van der Waals surface area contributed by atoms with Crippen LogP contribution in [0.4, 0.5) is 0 Å². The molecule has 2 heterocycles. The van der Waals surface area contributed by atoms with E-state index in [1.807, 2.05) is 24.3 Å².